The van der Waals surface area contributed by atoms with Gasteiger partial charge in [0.1, 0.15) is 10.6 Å². The highest BCUT2D eigenvalue weighted by Gasteiger charge is 2.17. The van der Waals surface area contributed by atoms with E-state index in [1.807, 2.05) is 37.3 Å². The lowest BCUT2D eigenvalue weighted by Crippen LogP contribution is -2.13. The Kier molecular flexibility index (Phi) is 6.08. The molecule has 5 nitrogen and oxygen atoms in total. The first kappa shape index (κ1) is 18.9. The van der Waals surface area contributed by atoms with Crippen LogP contribution in [0.1, 0.15) is 33.4 Å². The fourth-order valence-electron chi connectivity index (χ4n) is 2.62. The highest BCUT2D eigenvalue weighted by atomic mass is 32.1. The number of nitrogens with one attached hydrogen (secondary N) is 1. The summed E-state index contributed by atoms with van der Waals surface area (Å²) in [6.45, 7) is -1.03. The minimum Gasteiger partial charge on any atom is -0.435 e. The normalized spacial score (nSPS) is 10.8. The van der Waals surface area contributed by atoms with Crippen LogP contribution in [-0.4, -0.2) is 22.1 Å². The molecule has 0 saturated carbocycles. The van der Waals surface area contributed by atoms with Gasteiger partial charge in [-0.15, -0.1) is 5.10 Å². The molecule has 1 heterocycles. The van der Waals surface area contributed by atoms with Crippen molar-refractivity contribution < 1.29 is 18.3 Å². The number of ether oxygens (including phenoxy) is 1. The van der Waals surface area contributed by atoms with Crippen LogP contribution >= 0.6 is 11.5 Å². The van der Waals surface area contributed by atoms with Gasteiger partial charge in [-0.05, 0) is 41.7 Å². The molecule has 0 atom stereocenters. The molecule has 140 valence electrons. The van der Waals surface area contributed by atoms with Gasteiger partial charge in [0.25, 0.3) is 5.91 Å². The zero-order chi connectivity index (χ0) is 19.2. The van der Waals surface area contributed by atoms with E-state index in [2.05, 4.69) is 19.6 Å². The molecule has 8 heteroatoms. The molecule has 27 heavy (non-hydrogen) atoms. The monoisotopic (exact) mass is 389 g/mol. The number of hydrogen-bond donors (Lipinski definition) is 1. The molecule has 0 bridgehead atoms. The number of rotatable bonds is 7. The quantitative estimate of drug-likeness (QED) is 0.644. The number of anilines is 1. The molecular formula is C19H17F2N3O2S. The van der Waals surface area contributed by atoms with Crippen molar-refractivity contribution in [2.75, 3.05) is 5.32 Å². The van der Waals surface area contributed by atoms with Crippen molar-refractivity contribution in [3.8, 4) is 5.75 Å². The van der Waals surface area contributed by atoms with Gasteiger partial charge in [0.05, 0.1) is 5.69 Å². The summed E-state index contributed by atoms with van der Waals surface area (Å²) < 4.78 is 33.9. The van der Waals surface area contributed by atoms with Gasteiger partial charge in [0.15, 0.2) is 0 Å². The highest BCUT2D eigenvalue weighted by Crippen LogP contribution is 2.27. The number of hydrogen-bond acceptors (Lipinski definition) is 5. The molecule has 0 fully saturated rings. The first-order valence-corrected chi connectivity index (χ1v) is 9.08. The van der Waals surface area contributed by atoms with E-state index >= 15 is 0 Å². The third-order valence-electron chi connectivity index (χ3n) is 3.87. The molecule has 0 unspecified atom stereocenters. The fourth-order valence-corrected chi connectivity index (χ4v) is 3.27. The van der Waals surface area contributed by atoms with Crippen LogP contribution in [0.15, 0.2) is 48.5 Å². The number of halogens is 2. The Morgan fingerprint density at radius 1 is 1.22 bits per heavy atom. The second kappa shape index (κ2) is 8.68. The Hall–Kier alpha value is -2.87. The van der Waals surface area contributed by atoms with Crippen LogP contribution < -0.4 is 10.1 Å². The third kappa shape index (κ3) is 4.85. The Labute approximate surface area is 159 Å². The molecule has 3 aromatic rings. The summed E-state index contributed by atoms with van der Waals surface area (Å²) in [6.07, 6.45) is 0.995. The van der Waals surface area contributed by atoms with Crippen molar-refractivity contribution >= 4 is 23.1 Å². The van der Waals surface area contributed by atoms with Gasteiger partial charge in [0, 0.05) is 17.7 Å². The predicted molar refractivity (Wildman–Crippen MR) is 99.6 cm³/mol. The van der Waals surface area contributed by atoms with Gasteiger partial charge in [-0.1, -0.05) is 41.7 Å². The van der Waals surface area contributed by atoms with E-state index in [4.69, 9.17) is 0 Å². The molecule has 1 amide bonds. The zero-order valence-corrected chi connectivity index (χ0v) is 15.3. The largest absolute Gasteiger partial charge is 0.435 e. The van der Waals surface area contributed by atoms with E-state index in [1.165, 1.54) is 12.1 Å². The third-order valence-corrected chi connectivity index (χ3v) is 4.64. The number of aryl methyl sites for hydroxylation is 1. The predicted octanol–water partition coefficient (Wildman–Crippen LogP) is 4.55. The average molecular weight is 389 g/mol. The molecule has 0 spiro atoms. The van der Waals surface area contributed by atoms with Crippen molar-refractivity contribution in [1.82, 2.24) is 9.59 Å². The summed E-state index contributed by atoms with van der Waals surface area (Å²) in [6, 6.07) is 14.0. The highest BCUT2D eigenvalue weighted by molar-refractivity contribution is 7.08. The molecule has 2 aromatic carbocycles. The van der Waals surface area contributed by atoms with Gasteiger partial charge < -0.3 is 10.1 Å². The first-order valence-electron chi connectivity index (χ1n) is 8.31. The lowest BCUT2D eigenvalue weighted by atomic mass is 10.0. The van der Waals surface area contributed by atoms with Crippen LogP contribution in [0.5, 0.6) is 5.75 Å². The fraction of sp³-hybridized carbons (Fsp3) is 0.211. The van der Waals surface area contributed by atoms with E-state index in [9.17, 15) is 13.6 Å². The van der Waals surface area contributed by atoms with Crippen molar-refractivity contribution in [1.29, 1.82) is 0 Å². The summed E-state index contributed by atoms with van der Waals surface area (Å²) in [4.78, 5) is 12.9. The Balaban J connectivity index is 1.85. The number of amides is 1. The zero-order valence-electron chi connectivity index (χ0n) is 14.5. The van der Waals surface area contributed by atoms with E-state index in [1.54, 1.807) is 6.07 Å². The molecule has 0 saturated heterocycles. The maximum absolute atomic E-state index is 12.7. The second-order valence-electron chi connectivity index (χ2n) is 5.72. The first-order chi connectivity index (χ1) is 13.1. The standard InChI is InChI=1S/C19H17F2N3O2S/c1-2-15-17(27-24-23-15)18(25)22-14-8-9-16(26-19(20)21)13(11-14)10-12-6-4-3-5-7-12/h3-9,11,19H,2,10H2,1H3,(H,22,25). The smallest absolute Gasteiger partial charge is 0.387 e. The number of alkyl halides is 2. The number of carbonyl (C=O) groups excluding carboxylic acids is 1. The summed E-state index contributed by atoms with van der Waals surface area (Å²) in [5.41, 5.74) is 2.61. The van der Waals surface area contributed by atoms with Gasteiger partial charge in [-0.2, -0.15) is 8.78 Å². The van der Waals surface area contributed by atoms with E-state index in [-0.39, 0.29) is 11.7 Å². The molecule has 0 aliphatic rings. The number of carbonyl (C=O) groups is 1. The topological polar surface area (TPSA) is 64.1 Å². The summed E-state index contributed by atoms with van der Waals surface area (Å²) in [5.74, 6) is -0.240. The maximum Gasteiger partial charge on any atom is 0.387 e. The Morgan fingerprint density at radius 3 is 2.70 bits per heavy atom. The number of nitrogens with zero attached hydrogens (tertiary/aromatic N) is 2. The van der Waals surface area contributed by atoms with Crippen LogP contribution in [0.2, 0.25) is 0 Å². The van der Waals surface area contributed by atoms with Gasteiger partial charge in [-0.25, -0.2) is 0 Å². The van der Waals surface area contributed by atoms with Gasteiger partial charge in [0.2, 0.25) is 0 Å². The van der Waals surface area contributed by atoms with Gasteiger partial charge >= 0.3 is 6.61 Å². The van der Waals surface area contributed by atoms with Crippen molar-refractivity contribution in [3.63, 3.8) is 0 Å². The molecule has 0 aliphatic heterocycles. The van der Waals surface area contributed by atoms with Crippen LogP contribution in [0.3, 0.4) is 0 Å². The van der Waals surface area contributed by atoms with Crippen LogP contribution in [0, 0.1) is 0 Å². The van der Waals surface area contributed by atoms with E-state index in [0.717, 1.165) is 17.1 Å². The maximum atomic E-state index is 12.7. The van der Waals surface area contributed by atoms with E-state index < -0.39 is 6.61 Å². The molecule has 1 aromatic heterocycles. The van der Waals surface area contributed by atoms with Crippen LogP contribution in [0.4, 0.5) is 14.5 Å². The summed E-state index contributed by atoms with van der Waals surface area (Å²) in [7, 11) is 0. The lowest BCUT2D eigenvalue weighted by molar-refractivity contribution is -0.0503. The molecular weight excluding hydrogens is 372 g/mol. The Bertz CT molecular complexity index is 916. The van der Waals surface area contributed by atoms with E-state index in [0.29, 0.717) is 34.7 Å². The summed E-state index contributed by atoms with van der Waals surface area (Å²) >= 11 is 1.02. The molecule has 3 rings (SSSR count). The molecule has 0 radical (unpaired) electrons. The minimum atomic E-state index is -2.92. The van der Waals surface area contributed by atoms with Crippen molar-refractivity contribution in [3.05, 3.63) is 70.2 Å². The van der Waals surface area contributed by atoms with Crippen molar-refractivity contribution in [2.45, 2.75) is 26.4 Å². The summed E-state index contributed by atoms with van der Waals surface area (Å²) in [5, 5.41) is 6.70. The number of benzene rings is 2. The van der Waals surface area contributed by atoms with Crippen LogP contribution in [-0.2, 0) is 12.8 Å². The SMILES string of the molecule is CCc1nnsc1C(=O)Nc1ccc(OC(F)F)c(Cc2ccccc2)c1. The second-order valence-corrected chi connectivity index (χ2v) is 6.47. The number of aromatic nitrogens is 2. The lowest BCUT2D eigenvalue weighted by Gasteiger charge is -2.13. The minimum absolute atomic E-state index is 0.0838. The molecule has 1 N–H and O–H groups in total. The average Bonchev–Trinajstić information content (AvgIpc) is 3.13. The van der Waals surface area contributed by atoms with Crippen LogP contribution in [0.25, 0.3) is 0 Å². The van der Waals surface area contributed by atoms with Crippen molar-refractivity contribution in [2.24, 2.45) is 0 Å². The Morgan fingerprint density at radius 2 is 2.00 bits per heavy atom. The molecule has 0 aliphatic carbocycles. The van der Waals surface area contributed by atoms with Gasteiger partial charge in [-0.3, -0.25) is 4.79 Å².